The van der Waals surface area contributed by atoms with Crippen molar-refractivity contribution in [1.29, 1.82) is 0 Å². The molecule has 39 heavy (non-hydrogen) atoms. The van der Waals surface area contributed by atoms with E-state index in [4.69, 9.17) is 0 Å². The van der Waals surface area contributed by atoms with Crippen LogP contribution in [0.2, 0.25) is 0 Å². The van der Waals surface area contributed by atoms with Crippen LogP contribution < -0.4 is 0 Å². The van der Waals surface area contributed by atoms with Gasteiger partial charge in [-0.2, -0.15) is 26.3 Å². The highest BCUT2D eigenvalue weighted by atomic mass is 19.4. The fraction of sp³-hybridized carbons (Fsp3) is 0.964. The van der Waals surface area contributed by atoms with E-state index in [0.29, 0.717) is 0 Å². The molecule has 1 saturated heterocycles. The summed E-state index contributed by atoms with van der Waals surface area (Å²) in [6, 6.07) is -0.267. The molecular formula is C28H48F6N4O. The molecule has 11 heteroatoms. The summed E-state index contributed by atoms with van der Waals surface area (Å²) in [5.41, 5.74) is 0. The third-order valence-corrected chi connectivity index (χ3v) is 9.21. The van der Waals surface area contributed by atoms with Gasteiger partial charge in [0.2, 0.25) is 5.91 Å². The summed E-state index contributed by atoms with van der Waals surface area (Å²) in [4.78, 5) is 22.3. The van der Waals surface area contributed by atoms with Crippen molar-refractivity contribution in [2.75, 3.05) is 67.0 Å². The third-order valence-electron chi connectivity index (χ3n) is 9.21. The summed E-state index contributed by atoms with van der Waals surface area (Å²) in [6.07, 6.45) is -4.18. The Morgan fingerprint density at radius 2 is 1.38 bits per heavy atom. The van der Waals surface area contributed by atoms with Crippen molar-refractivity contribution >= 4 is 5.91 Å². The van der Waals surface area contributed by atoms with Gasteiger partial charge in [-0.3, -0.25) is 9.69 Å². The minimum absolute atomic E-state index is 0.0292. The van der Waals surface area contributed by atoms with Gasteiger partial charge in [0.15, 0.2) is 0 Å². The van der Waals surface area contributed by atoms with Crippen molar-refractivity contribution < 1.29 is 31.1 Å². The molecule has 0 radical (unpaired) electrons. The number of piperazine rings is 1. The number of rotatable bonds is 10. The summed E-state index contributed by atoms with van der Waals surface area (Å²) in [5.74, 6) is -4.36. The molecule has 0 aromatic heterocycles. The molecular weight excluding hydrogens is 522 g/mol. The molecule has 3 fully saturated rings. The van der Waals surface area contributed by atoms with E-state index in [1.807, 2.05) is 0 Å². The lowest BCUT2D eigenvalue weighted by molar-refractivity contribution is -0.229. The van der Waals surface area contributed by atoms with Gasteiger partial charge < -0.3 is 14.7 Å². The number of amides is 1. The minimum atomic E-state index is -4.63. The zero-order valence-corrected chi connectivity index (χ0v) is 23.9. The molecule has 1 amide bonds. The Labute approximate surface area is 230 Å². The van der Waals surface area contributed by atoms with Gasteiger partial charge in [-0.15, -0.1) is 0 Å². The maximum atomic E-state index is 13.8. The van der Waals surface area contributed by atoms with E-state index in [9.17, 15) is 31.1 Å². The van der Waals surface area contributed by atoms with Crippen molar-refractivity contribution in [3.63, 3.8) is 0 Å². The predicted molar refractivity (Wildman–Crippen MR) is 140 cm³/mol. The highest BCUT2D eigenvalue weighted by Crippen LogP contribution is 2.48. The van der Waals surface area contributed by atoms with Crippen LogP contribution in [-0.2, 0) is 4.79 Å². The molecule has 5 nitrogen and oxygen atoms in total. The average Bonchev–Trinajstić information content (AvgIpc) is 2.87. The highest BCUT2D eigenvalue weighted by Gasteiger charge is 2.51. The maximum absolute atomic E-state index is 13.8. The number of halogens is 6. The molecule has 0 bridgehead atoms. The summed E-state index contributed by atoms with van der Waals surface area (Å²) < 4.78 is 80.5. The fourth-order valence-electron chi connectivity index (χ4n) is 6.90. The van der Waals surface area contributed by atoms with Crippen molar-refractivity contribution in [1.82, 2.24) is 19.6 Å². The van der Waals surface area contributed by atoms with E-state index in [1.165, 1.54) is 0 Å². The molecule has 0 N–H and O–H groups in total. The molecule has 2 saturated carbocycles. The van der Waals surface area contributed by atoms with E-state index in [1.54, 1.807) is 11.9 Å². The lowest BCUT2D eigenvalue weighted by Gasteiger charge is -2.44. The van der Waals surface area contributed by atoms with Crippen molar-refractivity contribution in [3.8, 4) is 0 Å². The Hall–Kier alpha value is -1.07. The Morgan fingerprint density at radius 1 is 0.821 bits per heavy atom. The zero-order valence-electron chi connectivity index (χ0n) is 23.9. The summed E-state index contributed by atoms with van der Waals surface area (Å²) in [7, 11) is 5.79. The Morgan fingerprint density at radius 3 is 1.90 bits per heavy atom. The van der Waals surface area contributed by atoms with Crippen molar-refractivity contribution in [3.05, 3.63) is 0 Å². The number of nitrogens with zero attached hydrogens (tertiary/aromatic N) is 4. The second kappa shape index (κ2) is 14.2. The Balaban J connectivity index is 1.60. The van der Waals surface area contributed by atoms with Crippen LogP contribution in [0.25, 0.3) is 0 Å². The molecule has 2 aliphatic carbocycles. The first-order chi connectivity index (χ1) is 18.3. The number of carbonyl (C=O) groups is 1. The van der Waals surface area contributed by atoms with Crippen LogP contribution in [0.5, 0.6) is 0 Å². The topological polar surface area (TPSA) is 30.0 Å². The van der Waals surface area contributed by atoms with Crippen LogP contribution in [0, 0.1) is 23.7 Å². The second-order valence-corrected chi connectivity index (χ2v) is 12.5. The Kier molecular flexibility index (Phi) is 11.8. The van der Waals surface area contributed by atoms with Crippen LogP contribution in [0.4, 0.5) is 26.3 Å². The molecule has 3 atom stereocenters. The molecule has 228 valence electrons. The van der Waals surface area contributed by atoms with Crippen molar-refractivity contribution in [2.24, 2.45) is 23.7 Å². The summed E-state index contributed by atoms with van der Waals surface area (Å²) in [5, 5.41) is 0. The van der Waals surface area contributed by atoms with E-state index in [0.717, 1.165) is 77.8 Å². The highest BCUT2D eigenvalue weighted by molar-refractivity contribution is 5.82. The normalized spacial score (nSPS) is 27.6. The van der Waals surface area contributed by atoms with Gasteiger partial charge in [0, 0.05) is 39.8 Å². The van der Waals surface area contributed by atoms with Gasteiger partial charge in [-0.1, -0.05) is 19.3 Å². The maximum Gasteiger partial charge on any atom is 0.391 e. The molecule has 1 aliphatic heterocycles. The van der Waals surface area contributed by atoms with Crippen LogP contribution >= 0.6 is 0 Å². The monoisotopic (exact) mass is 570 g/mol. The molecule has 3 aliphatic rings. The molecule has 3 unspecified atom stereocenters. The van der Waals surface area contributed by atoms with E-state index < -0.39 is 36.5 Å². The van der Waals surface area contributed by atoms with E-state index in [-0.39, 0.29) is 43.7 Å². The lowest BCUT2D eigenvalue weighted by atomic mass is 9.73. The quantitative estimate of drug-likeness (QED) is 0.324. The van der Waals surface area contributed by atoms with Gasteiger partial charge >= 0.3 is 12.4 Å². The first kappa shape index (κ1) is 32.4. The molecule has 0 aromatic rings. The standard InChI is InChI=1S/C28H48F6N4O/c1-35(2)11-7-12-37-14-16-38(17-15-37)25(22-8-5-4-6-9-22)26(39)36(3)13-10-21-18-23(27(29,30)31)20-24(19-21)28(32,33)34/h21-25H,4-20H2,1-3H3. The van der Waals surface area contributed by atoms with Crippen molar-refractivity contribution in [2.45, 2.75) is 82.6 Å². The average molecular weight is 571 g/mol. The van der Waals surface area contributed by atoms with Gasteiger partial charge in [0.1, 0.15) is 0 Å². The van der Waals surface area contributed by atoms with Crippen LogP contribution in [0.3, 0.4) is 0 Å². The predicted octanol–water partition coefficient (Wildman–Crippen LogP) is 5.51. The van der Waals surface area contributed by atoms with E-state index in [2.05, 4.69) is 28.8 Å². The van der Waals surface area contributed by atoms with Crippen LogP contribution in [0.1, 0.15) is 64.2 Å². The van der Waals surface area contributed by atoms with Gasteiger partial charge in [0.05, 0.1) is 17.9 Å². The second-order valence-electron chi connectivity index (χ2n) is 12.5. The van der Waals surface area contributed by atoms with Gasteiger partial charge in [0.25, 0.3) is 0 Å². The van der Waals surface area contributed by atoms with E-state index >= 15 is 0 Å². The first-order valence-electron chi connectivity index (χ1n) is 14.7. The molecule has 0 aromatic carbocycles. The summed E-state index contributed by atoms with van der Waals surface area (Å²) in [6.45, 7) is 5.63. The minimum Gasteiger partial charge on any atom is -0.344 e. The number of hydrogen-bond donors (Lipinski definition) is 0. The third kappa shape index (κ3) is 9.76. The lowest BCUT2D eigenvalue weighted by Crippen LogP contribution is -2.58. The fourth-order valence-corrected chi connectivity index (χ4v) is 6.90. The zero-order chi connectivity index (χ0) is 28.8. The van der Waals surface area contributed by atoms with Crippen LogP contribution in [-0.4, -0.2) is 111 Å². The van der Waals surface area contributed by atoms with Gasteiger partial charge in [-0.05, 0) is 84.0 Å². The molecule has 3 rings (SSSR count). The molecule has 1 heterocycles. The molecule has 0 spiro atoms. The Bertz CT molecular complexity index is 725. The summed E-state index contributed by atoms with van der Waals surface area (Å²) >= 11 is 0. The number of carbonyl (C=O) groups excluding carboxylic acids is 1. The largest absolute Gasteiger partial charge is 0.391 e. The van der Waals surface area contributed by atoms with Gasteiger partial charge in [-0.25, -0.2) is 0 Å². The van der Waals surface area contributed by atoms with Crippen LogP contribution in [0.15, 0.2) is 0 Å². The number of likely N-dealkylation sites (N-methyl/N-ethyl adjacent to an activating group) is 1. The first-order valence-corrected chi connectivity index (χ1v) is 14.7. The number of hydrogen-bond acceptors (Lipinski definition) is 4. The number of alkyl halides is 6. The smallest absolute Gasteiger partial charge is 0.344 e. The SMILES string of the molecule is CN(C)CCCN1CCN(C(C(=O)N(C)CCC2CC(C(F)(F)F)CC(C(F)(F)F)C2)C2CCCCC2)CC1.